The molecule has 1 atom stereocenters. The van der Waals surface area contributed by atoms with Crippen molar-refractivity contribution in [2.75, 3.05) is 18.4 Å². The minimum Gasteiger partial charge on any atom is -0.380 e. The normalized spacial score (nSPS) is 17.6. The van der Waals surface area contributed by atoms with Crippen LogP contribution in [0.2, 0.25) is 0 Å². The van der Waals surface area contributed by atoms with E-state index >= 15 is 0 Å². The molecule has 0 aliphatic carbocycles. The molecule has 3 amide bonds. The lowest BCUT2D eigenvalue weighted by Gasteiger charge is -2.19. The largest absolute Gasteiger partial charge is 0.380 e. The molecule has 3 aromatic rings. The first kappa shape index (κ1) is 20.0. The Kier molecular flexibility index (Phi) is 5.19. The van der Waals surface area contributed by atoms with E-state index < -0.39 is 0 Å². The van der Waals surface area contributed by atoms with Crippen LogP contribution >= 0.6 is 0 Å². The molecule has 160 valence electrons. The fourth-order valence-electron chi connectivity index (χ4n) is 4.38. The van der Waals surface area contributed by atoms with Gasteiger partial charge in [-0.15, -0.1) is 0 Å². The second-order valence-corrected chi connectivity index (χ2v) is 8.19. The van der Waals surface area contributed by atoms with Crippen molar-refractivity contribution in [2.45, 2.75) is 19.0 Å². The van der Waals surface area contributed by atoms with Gasteiger partial charge in [0, 0.05) is 30.4 Å². The Morgan fingerprint density at radius 3 is 2.28 bits per heavy atom. The van der Waals surface area contributed by atoms with Gasteiger partial charge < -0.3 is 10.2 Å². The molecule has 0 saturated carbocycles. The molecule has 6 heteroatoms. The maximum atomic E-state index is 13.1. The third-order valence-corrected chi connectivity index (χ3v) is 6.01. The molecule has 3 aromatic carbocycles. The van der Waals surface area contributed by atoms with Crippen LogP contribution in [0.4, 0.5) is 5.69 Å². The number of hydrogen-bond donors (Lipinski definition) is 1. The van der Waals surface area contributed by atoms with E-state index in [0.717, 1.165) is 17.7 Å². The highest BCUT2D eigenvalue weighted by molar-refractivity contribution is 6.21. The van der Waals surface area contributed by atoms with E-state index in [2.05, 4.69) is 5.32 Å². The van der Waals surface area contributed by atoms with E-state index in [1.54, 1.807) is 42.5 Å². The summed E-state index contributed by atoms with van der Waals surface area (Å²) in [4.78, 5) is 41.5. The summed E-state index contributed by atoms with van der Waals surface area (Å²) in [6.45, 7) is 1.47. The molecular formula is C26H23N3O3. The maximum Gasteiger partial charge on any atom is 0.261 e. The summed E-state index contributed by atoms with van der Waals surface area (Å²) < 4.78 is 0. The number of carbonyl (C=O) groups is 3. The Balaban J connectivity index is 1.26. The van der Waals surface area contributed by atoms with Gasteiger partial charge in [-0.05, 0) is 48.4 Å². The van der Waals surface area contributed by atoms with Gasteiger partial charge in [-0.1, -0.05) is 42.5 Å². The van der Waals surface area contributed by atoms with Crippen LogP contribution in [0, 0.1) is 0 Å². The Labute approximate surface area is 186 Å². The fourth-order valence-corrected chi connectivity index (χ4v) is 4.38. The molecule has 1 saturated heterocycles. The van der Waals surface area contributed by atoms with Crippen molar-refractivity contribution in [3.63, 3.8) is 0 Å². The number of carbonyl (C=O) groups excluding carboxylic acids is 3. The number of fused-ring (bicyclic) bond motifs is 1. The summed E-state index contributed by atoms with van der Waals surface area (Å²) in [5.41, 5.74) is 3.23. The average molecular weight is 425 g/mol. The van der Waals surface area contributed by atoms with Crippen molar-refractivity contribution < 1.29 is 14.4 Å². The molecule has 2 heterocycles. The molecule has 32 heavy (non-hydrogen) atoms. The van der Waals surface area contributed by atoms with Crippen LogP contribution in [0.15, 0.2) is 78.9 Å². The van der Waals surface area contributed by atoms with Crippen molar-refractivity contribution >= 4 is 23.4 Å². The van der Waals surface area contributed by atoms with E-state index in [9.17, 15) is 14.4 Å². The second kappa shape index (κ2) is 8.30. The summed E-state index contributed by atoms with van der Waals surface area (Å²) in [6.07, 6.45) is 0.884. The van der Waals surface area contributed by atoms with Gasteiger partial charge in [0.05, 0.1) is 17.7 Å². The Morgan fingerprint density at radius 1 is 0.875 bits per heavy atom. The summed E-state index contributed by atoms with van der Waals surface area (Å²) in [5, 5.41) is 3.48. The molecule has 1 fully saturated rings. The summed E-state index contributed by atoms with van der Waals surface area (Å²) >= 11 is 0. The van der Waals surface area contributed by atoms with Crippen molar-refractivity contribution in [3.05, 3.63) is 101 Å². The number of benzene rings is 3. The molecule has 1 unspecified atom stereocenters. The predicted molar refractivity (Wildman–Crippen MR) is 121 cm³/mol. The van der Waals surface area contributed by atoms with Gasteiger partial charge in [0.15, 0.2) is 0 Å². The van der Waals surface area contributed by atoms with Crippen LogP contribution in [-0.4, -0.2) is 46.7 Å². The monoisotopic (exact) mass is 425 g/mol. The third-order valence-electron chi connectivity index (χ3n) is 6.01. The highest BCUT2D eigenvalue weighted by atomic mass is 16.2. The van der Waals surface area contributed by atoms with Crippen LogP contribution in [0.3, 0.4) is 0 Å². The molecule has 0 radical (unpaired) electrons. The van der Waals surface area contributed by atoms with Crippen LogP contribution in [0.1, 0.15) is 43.1 Å². The number of imide groups is 1. The minimum atomic E-state index is -0.295. The highest BCUT2D eigenvalue weighted by Gasteiger charge is 2.35. The third kappa shape index (κ3) is 3.75. The van der Waals surface area contributed by atoms with Gasteiger partial charge in [0.2, 0.25) is 0 Å². The topological polar surface area (TPSA) is 69.7 Å². The lowest BCUT2D eigenvalue weighted by atomic mass is 10.1. The Bertz CT molecular complexity index is 1160. The highest BCUT2D eigenvalue weighted by Crippen LogP contribution is 2.25. The number of nitrogens with zero attached hydrogens (tertiary/aromatic N) is 2. The second-order valence-electron chi connectivity index (χ2n) is 8.19. The predicted octanol–water partition coefficient (Wildman–Crippen LogP) is 3.81. The van der Waals surface area contributed by atoms with Gasteiger partial charge >= 0.3 is 0 Å². The lowest BCUT2D eigenvalue weighted by molar-refractivity contribution is 0.0642. The molecule has 0 bridgehead atoms. The number of anilines is 1. The molecular weight excluding hydrogens is 402 g/mol. The number of rotatable bonds is 5. The minimum absolute atomic E-state index is 0.0356. The number of nitrogens with one attached hydrogen (secondary N) is 1. The molecule has 5 rings (SSSR count). The summed E-state index contributed by atoms with van der Waals surface area (Å²) in [5.74, 6) is -0.625. The average Bonchev–Trinajstić information content (AvgIpc) is 3.38. The standard InChI is InChI=1S/C26H23N3O3/c30-24(28-14-13-21(17-28)27-20-9-2-1-3-10-20)19-8-6-7-18(15-19)16-29-25(31)22-11-4-5-12-23(22)26(29)32/h1-12,15,21,27H,13-14,16-17H2. The van der Waals surface area contributed by atoms with Crippen molar-refractivity contribution in [2.24, 2.45) is 0 Å². The first-order valence-corrected chi connectivity index (χ1v) is 10.8. The fraction of sp³-hybridized carbons (Fsp3) is 0.192. The molecule has 2 aliphatic rings. The SMILES string of the molecule is O=C(c1cccc(CN2C(=O)c3ccccc3C2=O)c1)N1CCC(Nc2ccccc2)C1. The van der Waals surface area contributed by atoms with Gasteiger partial charge in [0.1, 0.15) is 0 Å². The zero-order chi connectivity index (χ0) is 22.1. The molecule has 1 N–H and O–H groups in total. The van der Waals surface area contributed by atoms with Gasteiger partial charge in [-0.2, -0.15) is 0 Å². The van der Waals surface area contributed by atoms with Crippen LogP contribution in [-0.2, 0) is 6.54 Å². The summed E-state index contributed by atoms with van der Waals surface area (Å²) in [7, 11) is 0. The van der Waals surface area contributed by atoms with E-state index in [0.29, 0.717) is 29.8 Å². The summed E-state index contributed by atoms with van der Waals surface area (Å²) in [6, 6.07) is 24.3. The zero-order valence-electron chi connectivity index (χ0n) is 17.5. The van der Waals surface area contributed by atoms with E-state index in [-0.39, 0.29) is 30.3 Å². The number of likely N-dealkylation sites (tertiary alicyclic amines) is 1. The van der Waals surface area contributed by atoms with E-state index in [1.165, 1.54) is 4.90 Å². The Morgan fingerprint density at radius 2 is 1.56 bits per heavy atom. The molecule has 6 nitrogen and oxygen atoms in total. The van der Waals surface area contributed by atoms with Crippen LogP contribution in [0.5, 0.6) is 0 Å². The van der Waals surface area contributed by atoms with Crippen LogP contribution < -0.4 is 5.32 Å². The van der Waals surface area contributed by atoms with Crippen molar-refractivity contribution in [3.8, 4) is 0 Å². The Hall–Kier alpha value is -3.93. The van der Waals surface area contributed by atoms with Gasteiger partial charge in [-0.3, -0.25) is 19.3 Å². The molecule has 2 aliphatic heterocycles. The number of amides is 3. The van der Waals surface area contributed by atoms with Crippen LogP contribution in [0.25, 0.3) is 0 Å². The van der Waals surface area contributed by atoms with Gasteiger partial charge in [0.25, 0.3) is 17.7 Å². The van der Waals surface area contributed by atoms with E-state index in [1.807, 2.05) is 41.3 Å². The number of para-hydroxylation sites is 1. The van der Waals surface area contributed by atoms with Crippen molar-refractivity contribution in [1.29, 1.82) is 0 Å². The smallest absolute Gasteiger partial charge is 0.261 e. The quantitative estimate of drug-likeness (QED) is 0.631. The first-order chi connectivity index (χ1) is 15.6. The maximum absolute atomic E-state index is 13.1. The molecule has 0 spiro atoms. The molecule has 0 aromatic heterocycles. The lowest BCUT2D eigenvalue weighted by Crippen LogP contribution is -2.32. The van der Waals surface area contributed by atoms with Crippen molar-refractivity contribution in [1.82, 2.24) is 9.80 Å². The zero-order valence-corrected chi connectivity index (χ0v) is 17.5. The number of hydrogen-bond acceptors (Lipinski definition) is 4. The van der Waals surface area contributed by atoms with E-state index in [4.69, 9.17) is 0 Å². The first-order valence-electron chi connectivity index (χ1n) is 10.8. The van der Waals surface area contributed by atoms with Gasteiger partial charge in [-0.25, -0.2) is 0 Å².